The van der Waals surface area contributed by atoms with Gasteiger partial charge in [-0.1, -0.05) is 48.9 Å². The van der Waals surface area contributed by atoms with Crippen molar-refractivity contribution >= 4 is 56.8 Å². The van der Waals surface area contributed by atoms with Gasteiger partial charge in [0.05, 0.1) is 10.2 Å². The summed E-state index contributed by atoms with van der Waals surface area (Å²) in [5, 5.41) is 0.821. The monoisotopic (exact) mass is 491 g/mol. The number of carbonyl (C=O) groups is 1. The summed E-state index contributed by atoms with van der Waals surface area (Å²) in [6, 6.07) is 12.7. The van der Waals surface area contributed by atoms with Crippen LogP contribution in [0.15, 0.2) is 41.3 Å². The highest BCUT2D eigenvalue weighted by atomic mass is 35.5. The van der Waals surface area contributed by atoms with E-state index >= 15 is 0 Å². The van der Waals surface area contributed by atoms with E-state index in [0.29, 0.717) is 13.0 Å². The van der Waals surface area contributed by atoms with Crippen molar-refractivity contribution in [1.29, 1.82) is 0 Å². The zero-order chi connectivity index (χ0) is 22.4. The molecule has 0 radical (unpaired) electrons. The molecule has 0 N–H and O–H groups in total. The first-order valence-corrected chi connectivity index (χ1v) is 12.8. The van der Waals surface area contributed by atoms with E-state index in [4.69, 9.17) is 4.98 Å². The molecule has 0 saturated carbocycles. The number of aryl methyl sites for hydroxylation is 3. The Morgan fingerprint density at radius 2 is 1.69 bits per heavy atom. The fraction of sp³-hybridized carbons (Fsp3) is 0.440. The molecular weight excluding hydrogens is 458 g/mol. The molecule has 7 heteroatoms. The fourth-order valence-corrected chi connectivity index (χ4v) is 5.37. The summed E-state index contributed by atoms with van der Waals surface area (Å²) in [6.07, 6.45) is 0.505. The van der Waals surface area contributed by atoms with Crippen molar-refractivity contribution in [1.82, 2.24) is 9.88 Å². The number of hydrogen-bond donors (Lipinski definition) is 0. The molecule has 1 heterocycles. The zero-order valence-corrected chi connectivity index (χ0v) is 22.1. The van der Waals surface area contributed by atoms with Gasteiger partial charge in [-0.2, -0.15) is 0 Å². The van der Waals surface area contributed by atoms with E-state index in [1.54, 1.807) is 23.1 Å². The van der Waals surface area contributed by atoms with Crippen LogP contribution >= 0.6 is 35.5 Å². The topological polar surface area (TPSA) is 36.4 Å². The summed E-state index contributed by atoms with van der Waals surface area (Å²) < 4.78 is 1.15. The second-order valence-electron chi connectivity index (χ2n) is 7.83. The van der Waals surface area contributed by atoms with E-state index < -0.39 is 0 Å². The van der Waals surface area contributed by atoms with Crippen LogP contribution in [0.4, 0.5) is 5.13 Å². The number of fused-ring (bicyclic) bond motifs is 1. The summed E-state index contributed by atoms with van der Waals surface area (Å²) in [5.41, 5.74) is 4.71. The van der Waals surface area contributed by atoms with Gasteiger partial charge < -0.3 is 4.90 Å². The predicted octanol–water partition coefficient (Wildman–Crippen LogP) is 6.50. The highest BCUT2D eigenvalue weighted by Crippen LogP contribution is 2.32. The molecule has 0 spiro atoms. The summed E-state index contributed by atoms with van der Waals surface area (Å²) >= 11 is 3.36. The second kappa shape index (κ2) is 12.6. The van der Waals surface area contributed by atoms with E-state index in [9.17, 15) is 4.79 Å². The lowest BCUT2D eigenvalue weighted by atomic mass is 10.1. The molecule has 0 unspecified atom stereocenters. The van der Waals surface area contributed by atoms with Crippen LogP contribution in [0.1, 0.15) is 37.0 Å². The van der Waals surface area contributed by atoms with Crippen LogP contribution in [0.2, 0.25) is 0 Å². The molecule has 3 aromatic rings. The van der Waals surface area contributed by atoms with Gasteiger partial charge in [0.25, 0.3) is 0 Å². The van der Waals surface area contributed by atoms with Gasteiger partial charge in [-0.15, -0.1) is 24.2 Å². The summed E-state index contributed by atoms with van der Waals surface area (Å²) in [7, 11) is 0. The molecule has 0 aliphatic heterocycles. The Bertz CT molecular complexity index is 1020. The lowest BCUT2D eigenvalue weighted by Crippen LogP contribution is -2.39. The van der Waals surface area contributed by atoms with Crippen LogP contribution in [-0.2, 0) is 4.79 Å². The van der Waals surface area contributed by atoms with E-state index in [1.165, 1.54) is 21.6 Å². The van der Waals surface area contributed by atoms with Gasteiger partial charge in [0.15, 0.2) is 5.13 Å². The minimum atomic E-state index is 0. The Hall–Kier alpha value is -1.60. The number of aromatic nitrogens is 1. The number of benzene rings is 2. The fourth-order valence-electron chi connectivity index (χ4n) is 3.46. The Labute approximate surface area is 206 Å². The largest absolute Gasteiger partial charge is 0.302 e. The number of likely N-dealkylation sites (N-methyl/N-ethyl adjacent to an activating group) is 1. The molecule has 0 aliphatic rings. The highest BCUT2D eigenvalue weighted by Gasteiger charge is 2.21. The number of halogens is 1. The molecule has 174 valence electrons. The number of rotatable bonds is 10. The highest BCUT2D eigenvalue weighted by molar-refractivity contribution is 7.99. The van der Waals surface area contributed by atoms with E-state index in [1.807, 2.05) is 4.90 Å². The zero-order valence-electron chi connectivity index (χ0n) is 19.7. The van der Waals surface area contributed by atoms with Crippen LogP contribution in [0.5, 0.6) is 0 Å². The molecule has 0 bridgehead atoms. The lowest BCUT2D eigenvalue weighted by Gasteiger charge is -2.24. The minimum Gasteiger partial charge on any atom is -0.302 e. The van der Waals surface area contributed by atoms with Gasteiger partial charge in [0.1, 0.15) is 0 Å². The molecule has 0 fully saturated rings. The normalized spacial score (nSPS) is 11.1. The van der Waals surface area contributed by atoms with E-state index in [2.05, 4.69) is 75.9 Å². The number of anilines is 1. The van der Waals surface area contributed by atoms with Crippen molar-refractivity contribution in [2.45, 2.75) is 45.9 Å². The SMILES string of the molecule is CCN(CC)CCN(C(=O)CCSc1ccc(C)cc1)c1nc2c(C)c(C)ccc2s1.Cl. The van der Waals surface area contributed by atoms with Crippen molar-refractivity contribution in [2.24, 2.45) is 0 Å². The maximum absolute atomic E-state index is 13.3. The number of amides is 1. The molecule has 0 atom stereocenters. The smallest absolute Gasteiger partial charge is 0.229 e. The number of thioether (sulfide) groups is 1. The summed E-state index contributed by atoms with van der Waals surface area (Å²) in [6.45, 7) is 14.1. The average Bonchev–Trinajstić information content (AvgIpc) is 3.20. The lowest BCUT2D eigenvalue weighted by molar-refractivity contribution is -0.118. The molecule has 0 aliphatic carbocycles. The van der Waals surface area contributed by atoms with Gasteiger partial charge in [-0.25, -0.2) is 4.98 Å². The third kappa shape index (κ3) is 6.70. The average molecular weight is 492 g/mol. The van der Waals surface area contributed by atoms with Crippen LogP contribution in [0, 0.1) is 20.8 Å². The van der Waals surface area contributed by atoms with Crippen molar-refractivity contribution in [3.63, 3.8) is 0 Å². The maximum Gasteiger partial charge on any atom is 0.229 e. The maximum atomic E-state index is 13.3. The Balaban J connectivity index is 0.00000363. The number of hydrogen-bond acceptors (Lipinski definition) is 5. The van der Waals surface area contributed by atoms with Gasteiger partial charge in [-0.3, -0.25) is 9.69 Å². The Morgan fingerprint density at radius 3 is 2.34 bits per heavy atom. The molecule has 1 aromatic heterocycles. The third-order valence-electron chi connectivity index (χ3n) is 5.75. The quantitative estimate of drug-likeness (QED) is 0.303. The second-order valence-corrected chi connectivity index (χ2v) is 10.0. The number of nitrogens with zero attached hydrogens (tertiary/aromatic N) is 3. The molecule has 2 aromatic carbocycles. The van der Waals surface area contributed by atoms with Crippen LogP contribution < -0.4 is 4.90 Å². The van der Waals surface area contributed by atoms with Gasteiger partial charge in [0, 0.05) is 30.2 Å². The standard InChI is InChI=1S/C25H33N3OS2.ClH/c1-6-27(7-2)15-16-28(23(29)14-17-30-21-11-8-18(3)9-12-21)25-26-24-20(5)19(4)10-13-22(24)31-25;/h8-13H,6-7,14-17H2,1-5H3;1H. The first-order chi connectivity index (χ1) is 14.9. The molecular formula is C25H34ClN3OS2. The van der Waals surface area contributed by atoms with E-state index in [-0.39, 0.29) is 18.3 Å². The van der Waals surface area contributed by atoms with Gasteiger partial charge in [-0.05, 0) is 63.2 Å². The predicted molar refractivity (Wildman–Crippen MR) is 143 cm³/mol. The van der Waals surface area contributed by atoms with Crippen LogP contribution in [0.3, 0.4) is 0 Å². The first kappa shape index (κ1) is 26.7. The van der Waals surface area contributed by atoms with Crippen LogP contribution in [0.25, 0.3) is 10.2 Å². The Morgan fingerprint density at radius 1 is 1.00 bits per heavy atom. The summed E-state index contributed by atoms with van der Waals surface area (Å²) in [5.74, 6) is 0.923. The van der Waals surface area contributed by atoms with Gasteiger partial charge >= 0.3 is 0 Å². The number of carbonyl (C=O) groups excluding carboxylic acids is 1. The molecule has 1 amide bonds. The van der Waals surface area contributed by atoms with Gasteiger partial charge in [0.2, 0.25) is 5.91 Å². The van der Waals surface area contributed by atoms with Crippen molar-refractivity contribution in [2.75, 3.05) is 36.8 Å². The minimum absolute atomic E-state index is 0. The van der Waals surface area contributed by atoms with Crippen molar-refractivity contribution in [3.05, 3.63) is 53.1 Å². The Kier molecular flexibility index (Phi) is 10.5. The number of thiazole rings is 1. The van der Waals surface area contributed by atoms with E-state index in [0.717, 1.165) is 40.7 Å². The molecule has 4 nitrogen and oxygen atoms in total. The molecule has 0 saturated heterocycles. The van der Waals surface area contributed by atoms with Crippen molar-refractivity contribution < 1.29 is 4.79 Å². The van der Waals surface area contributed by atoms with Crippen LogP contribution in [-0.4, -0.2) is 47.7 Å². The summed E-state index contributed by atoms with van der Waals surface area (Å²) in [4.78, 5) is 23.6. The van der Waals surface area contributed by atoms with Crippen molar-refractivity contribution in [3.8, 4) is 0 Å². The molecule has 3 rings (SSSR count). The third-order valence-corrected chi connectivity index (χ3v) is 7.80. The first-order valence-electron chi connectivity index (χ1n) is 11.0. The molecule has 32 heavy (non-hydrogen) atoms.